The monoisotopic (exact) mass is 370 g/mol. The zero-order chi connectivity index (χ0) is 16.5. The van der Waals surface area contributed by atoms with Crippen LogP contribution in [0.3, 0.4) is 0 Å². The first-order chi connectivity index (χ1) is 10.5. The number of hydrogen-bond donors (Lipinski definition) is 0. The summed E-state index contributed by atoms with van der Waals surface area (Å²) in [7, 11) is 3.27. The molecule has 0 N–H and O–H groups in total. The molecule has 0 aliphatic carbocycles. The molecule has 0 saturated carbocycles. The van der Waals surface area contributed by atoms with Crippen LogP contribution in [0.15, 0.2) is 21.6 Å². The summed E-state index contributed by atoms with van der Waals surface area (Å²) in [5, 5.41) is 0. The van der Waals surface area contributed by atoms with Crippen LogP contribution in [-0.2, 0) is 0 Å². The topological polar surface area (TPSA) is 34.1 Å². The minimum Gasteiger partial charge on any atom is -0.493 e. The number of ether oxygens (including phenoxy) is 2. The van der Waals surface area contributed by atoms with Crippen molar-refractivity contribution in [1.29, 1.82) is 0 Å². The van der Waals surface area contributed by atoms with Crippen LogP contribution in [0.25, 0.3) is 0 Å². The summed E-state index contributed by atoms with van der Waals surface area (Å²) in [4.78, 5) is 7.14. The lowest BCUT2D eigenvalue weighted by Gasteiger charge is -2.17. The first kappa shape index (κ1) is 19.0. The van der Waals surface area contributed by atoms with Crippen LogP contribution >= 0.6 is 15.9 Å². The fourth-order valence-electron chi connectivity index (χ4n) is 2.29. The van der Waals surface area contributed by atoms with E-state index in [2.05, 4.69) is 41.6 Å². The van der Waals surface area contributed by atoms with E-state index in [0.717, 1.165) is 48.3 Å². The molecule has 0 bridgehead atoms. The van der Waals surface area contributed by atoms with Crippen LogP contribution in [-0.4, -0.2) is 44.5 Å². The number of halogens is 1. The van der Waals surface area contributed by atoms with E-state index in [1.807, 2.05) is 12.1 Å². The second-order valence-electron chi connectivity index (χ2n) is 5.14. The molecule has 5 heteroatoms. The predicted octanol–water partition coefficient (Wildman–Crippen LogP) is 4.68. The highest BCUT2D eigenvalue weighted by Gasteiger charge is 2.09. The van der Waals surface area contributed by atoms with Crippen molar-refractivity contribution in [1.82, 2.24) is 4.90 Å². The predicted molar refractivity (Wildman–Crippen MR) is 97.0 cm³/mol. The Morgan fingerprint density at radius 3 is 2.27 bits per heavy atom. The van der Waals surface area contributed by atoms with Crippen LogP contribution in [0.1, 0.15) is 33.6 Å². The molecule has 1 aromatic carbocycles. The summed E-state index contributed by atoms with van der Waals surface area (Å²) in [5.41, 5.74) is 2.00. The summed E-state index contributed by atoms with van der Waals surface area (Å²) in [6, 6.07) is 3.79. The van der Waals surface area contributed by atoms with Crippen molar-refractivity contribution in [3.63, 3.8) is 0 Å². The Labute approximate surface area is 142 Å². The third-order valence-corrected chi connectivity index (χ3v) is 4.31. The first-order valence-corrected chi connectivity index (χ1v) is 8.53. The molecule has 1 rings (SSSR count). The molecular weight excluding hydrogens is 344 g/mol. The van der Waals surface area contributed by atoms with Gasteiger partial charge in [-0.3, -0.25) is 4.99 Å². The lowest BCUT2D eigenvalue weighted by atomic mass is 10.2. The Kier molecular flexibility index (Phi) is 8.49. The SMILES string of the molecule is CCN(CC)CCCC(C)=Nc1cc(OC)c(OC)cc1Br. The molecule has 0 aliphatic heterocycles. The summed E-state index contributed by atoms with van der Waals surface area (Å²) >= 11 is 3.54. The van der Waals surface area contributed by atoms with Crippen LogP contribution in [0.4, 0.5) is 5.69 Å². The van der Waals surface area contributed by atoms with E-state index in [4.69, 9.17) is 14.5 Å². The van der Waals surface area contributed by atoms with Crippen LogP contribution in [0.2, 0.25) is 0 Å². The summed E-state index contributed by atoms with van der Waals surface area (Å²) in [6.07, 6.45) is 2.12. The van der Waals surface area contributed by atoms with E-state index < -0.39 is 0 Å². The molecule has 0 radical (unpaired) electrons. The largest absolute Gasteiger partial charge is 0.493 e. The van der Waals surface area contributed by atoms with Gasteiger partial charge in [0, 0.05) is 22.3 Å². The molecule has 0 amide bonds. The minimum absolute atomic E-state index is 0.695. The van der Waals surface area contributed by atoms with Crippen LogP contribution < -0.4 is 9.47 Å². The number of aliphatic imine (C=N–C) groups is 1. The van der Waals surface area contributed by atoms with E-state index in [1.165, 1.54) is 0 Å². The van der Waals surface area contributed by atoms with Crippen molar-refractivity contribution in [2.24, 2.45) is 4.99 Å². The molecule has 22 heavy (non-hydrogen) atoms. The van der Waals surface area contributed by atoms with Crippen molar-refractivity contribution < 1.29 is 9.47 Å². The lowest BCUT2D eigenvalue weighted by molar-refractivity contribution is 0.302. The van der Waals surface area contributed by atoms with Crippen molar-refractivity contribution in [3.8, 4) is 11.5 Å². The van der Waals surface area contributed by atoms with Gasteiger partial charge in [0.25, 0.3) is 0 Å². The molecule has 0 aromatic heterocycles. The van der Waals surface area contributed by atoms with Crippen molar-refractivity contribution >= 4 is 27.3 Å². The van der Waals surface area contributed by atoms with Gasteiger partial charge in [-0.25, -0.2) is 0 Å². The van der Waals surface area contributed by atoms with E-state index in [0.29, 0.717) is 11.5 Å². The molecule has 0 heterocycles. The fraction of sp³-hybridized carbons (Fsp3) is 0.588. The van der Waals surface area contributed by atoms with Gasteiger partial charge in [0.1, 0.15) is 0 Å². The normalized spacial score (nSPS) is 11.9. The Hall–Kier alpha value is -1.07. The highest BCUT2D eigenvalue weighted by Crippen LogP contribution is 2.37. The zero-order valence-electron chi connectivity index (χ0n) is 14.3. The Bertz CT molecular complexity index is 500. The lowest BCUT2D eigenvalue weighted by Crippen LogP contribution is -2.24. The zero-order valence-corrected chi connectivity index (χ0v) is 15.9. The Balaban J connectivity index is 2.75. The molecule has 0 fully saturated rings. The minimum atomic E-state index is 0.695. The highest BCUT2D eigenvalue weighted by molar-refractivity contribution is 9.10. The average molecular weight is 371 g/mol. The molecule has 124 valence electrons. The molecule has 0 unspecified atom stereocenters. The standard InChI is InChI=1S/C17H27BrN2O2/c1-6-20(7-2)10-8-9-13(3)19-15-12-17(22-5)16(21-4)11-14(15)18/h11-12H,6-10H2,1-5H3. The number of methoxy groups -OCH3 is 2. The molecular formula is C17H27BrN2O2. The van der Waals surface area contributed by atoms with Gasteiger partial charge in [0.05, 0.1) is 19.9 Å². The molecule has 0 atom stereocenters. The van der Waals surface area contributed by atoms with E-state index in [1.54, 1.807) is 14.2 Å². The third kappa shape index (κ3) is 5.61. The van der Waals surface area contributed by atoms with Gasteiger partial charge in [0.2, 0.25) is 0 Å². The van der Waals surface area contributed by atoms with Gasteiger partial charge in [0.15, 0.2) is 11.5 Å². The molecule has 1 aromatic rings. The van der Waals surface area contributed by atoms with E-state index in [-0.39, 0.29) is 0 Å². The maximum Gasteiger partial charge on any atom is 0.162 e. The summed E-state index contributed by atoms with van der Waals surface area (Å²) < 4.78 is 11.5. The van der Waals surface area contributed by atoms with Gasteiger partial charge >= 0.3 is 0 Å². The van der Waals surface area contributed by atoms with Crippen molar-refractivity contribution in [3.05, 3.63) is 16.6 Å². The van der Waals surface area contributed by atoms with Gasteiger partial charge in [-0.2, -0.15) is 0 Å². The van der Waals surface area contributed by atoms with Gasteiger partial charge < -0.3 is 14.4 Å². The number of benzene rings is 1. The average Bonchev–Trinajstić information content (AvgIpc) is 2.53. The molecule has 0 saturated heterocycles. The van der Waals surface area contributed by atoms with Gasteiger partial charge in [-0.15, -0.1) is 0 Å². The van der Waals surface area contributed by atoms with Crippen molar-refractivity contribution in [2.75, 3.05) is 33.9 Å². The quantitative estimate of drug-likeness (QED) is 0.591. The van der Waals surface area contributed by atoms with Crippen molar-refractivity contribution in [2.45, 2.75) is 33.6 Å². The van der Waals surface area contributed by atoms with Crippen LogP contribution in [0, 0.1) is 0 Å². The molecule has 4 nitrogen and oxygen atoms in total. The summed E-state index contributed by atoms with van der Waals surface area (Å²) in [5.74, 6) is 1.40. The first-order valence-electron chi connectivity index (χ1n) is 7.73. The van der Waals surface area contributed by atoms with Gasteiger partial charge in [-0.1, -0.05) is 13.8 Å². The van der Waals surface area contributed by atoms with E-state index >= 15 is 0 Å². The van der Waals surface area contributed by atoms with Crippen LogP contribution in [0.5, 0.6) is 11.5 Å². The molecule has 0 spiro atoms. The number of hydrogen-bond acceptors (Lipinski definition) is 4. The Morgan fingerprint density at radius 2 is 1.73 bits per heavy atom. The third-order valence-electron chi connectivity index (χ3n) is 3.67. The number of nitrogens with zero attached hydrogens (tertiary/aromatic N) is 2. The fourth-order valence-corrected chi connectivity index (χ4v) is 2.70. The Morgan fingerprint density at radius 1 is 1.14 bits per heavy atom. The van der Waals surface area contributed by atoms with Gasteiger partial charge in [-0.05, 0) is 55.3 Å². The smallest absolute Gasteiger partial charge is 0.162 e. The maximum atomic E-state index is 5.33. The second-order valence-corrected chi connectivity index (χ2v) is 5.99. The maximum absolute atomic E-state index is 5.33. The highest BCUT2D eigenvalue weighted by atomic mass is 79.9. The second kappa shape index (κ2) is 9.85. The summed E-state index contributed by atoms with van der Waals surface area (Å²) in [6.45, 7) is 9.80. The number of rotatable bonds is 9. The molecule has 0 aliphatic rings. The van der Waals surface area contributed by atoms with E-state index in [9.17, 15) is 0 Å².